The minimum absolute atomic E-state index is 0.00306. The molecule has 1 aliphatic heterocycles. The van der Waals surface area contributed by atoms with Crippen molar-refractivity contribution in [3.05, 3.63) is 24.3 Å². The average molecular weight is 429 g/mol. The molecule has 168 valence electrons. The minimum Gasteiger partial charge on any atom is -0.427 e. The number of rotatable bonds is 5. The van der Waals surface area contributed by atoms with Crippen molar-refractivity contribution in [2.24, 2.45) is 5.41 Å². The van der Waals surface area contributed by atoms with Crippen molar-refractivity contribution in [1.29, 1.82) is 0 Å². The van der Waals surface area contributed by atoms with Gasteiger partial charge in [0, 0.05) is 19.4 Å². The first-order chi connectivity index (χ1) is 14.6. The average Bonchev–Trinajstić information content (AvgIpc) is 2.96. The number of carbonyl (C=O) groups excluding carboxylic acids is 4. The van der Waals surface area contributed by atoms with E-state index in [-0.39, 0.29) is 35.6 Å². The maximum absolute atomic E-state index is 13.4. The number of anilines is 1. The lowest BCUT2D eigenvalue weighted by Crippen LogP contribution is -2.52. The first kappa shape index (κ1) is 23.0. The van der Waals surface area contributed by atoms with E-state index in [1.54, 1.807) is 29.2 Å². The molecule has 3 amide bonds. The highest BCUT2D eigenvalue weighted by Gasteiger charge is 2.46. The van der Waals surface area contributed by atoms with E-state index in [0.717, 1.165) is 37.0 Å². The first-order valence-electron chi connectivity index (χ1n) is 11.0. The summed E-state index contributed by atoms with van der Waals surface area (Å²) in [7, 11) is 0. The molecule has 1 aromatic rings. The summed E-state index contributed by atoms with van der Waals surface area (Å²) in [5.41, 5.74) is 0.210. The van der Waals surface area contributed by atoms with Gasteiger partial charge in [-0.1, -0.05) is 40.0 Å². The standard InChI is InChI=1S/C24H32N2O5/c1-16(27)31-19-12-10-18(11-13-19)26-21(28)14-20(23(26)30)25(17-8-6-5-7-9-17)22(29)15-24(2,3)4/h10-13,17,20H,5-9,14-15H2,1-4H3. The number of esters is 1. The molecule has 0 bridgehead atoms. The lowest BCUT2D eigenvalue weighted by molar-refractivity contribution is -0.143. The van der Waals surface area contributed by atoms with Crippen molar-refractivity contribution < 1.29 is 23.9 Å². The molecule has 1 saturated heterocycles. The van der Waals surface area contributed by atoms with Gasteiger partial charge in [0.05, 0.1) is 12.1 Å². The molecule has 0 aromatic heterocycles. The molecule has 0 spiro atoms. The van der Waals surface area contributed by atoms with Crippen LogP contribution in [0.4, 0.5) is 5.69 Å². The van der Waals surface area contributed by atoms with Crippen LogP contribution < -0.4 is 9.64 Å². The van der Waals surface area contributed by atoms with Crippen LogP contribution >= 0.6 is 0 Å². The van der Waals surface area contributed by atoms with Crippen LogP contribution in [0.5, 0.6) is 5.75 Å². The van der Waals surface area contributed by atoms with Crippen LogP contribution in [0.2, 0.25) is 0 Å². The van der Waals surface area contributed by atoms with Gasteiger partial charge in [0.25, 0.3) is 5.91 Å². The molecule has 0 N–H and O–H groups in total. The van der Waals surface area contributed by atoms with E-state index >= 15 is 0 Å². The summed E-state index contributed by atoms with van der Waals surface area (Å²) in [6.07, 6.45) is 5.25. The van der Waals surface area contributed by atoms with Crippen molar-refractivity contribution in [2.45, 2.75) is 84.7 Å². The molecule has 1 atom stereocenters. The van der Waals surface area contributed by atoms with E-state index in [4.69, 9.17) is 4.74 Å². The van der Waals surface area contributed by atoms with Crippen molar-refractivity contribution >= 4 is 29.4 Å². The number of carbonyl (C=O) groups is 4. The number of nitrogens with zero attached hydrogens (tertiary/aromatic N) is 2. The second-order valence-corrected chi connectivity index (χ2v) is 9.71. The Kier molecular flexibility index (Phi) is 6.82. The molecule has 1 heterocycles. The van der Waals surface area contributed by atoms with Crippen molar-refractivity contribution in [1.82, 2.24) is 4.90 Å². The zero-order valence-electron chi connectivity index (χ0n) is 18.8. The largest absolute Gasteiger partial charge is 0.427 e. The van der Waals surface area contributed by atoms with E-state index in [0.29, 0.717) is 17.9 Å². The van der Waals surface area contributed by atoms with Gasteiger partial charge in [-0.05, 0) is 42.5 Å². The van der Waals surface area contributed by atoms with Gasteiger partial charge in [-0.2, -0.15) is 0 Å². The molecule has 2 aliphatic rings. The van der Waals surface area contributed by atoms with Gasteiger partial charge in [-0.3, -0.25) is 19.2 Å². The Bertz CT molecular complexity index is 850. The van der Waals surface area contributed by atoms with Gasteiger partial charge >= 0.3 is 5.97 Å². The van der Waals surface area contributed by atoms with Gasteiger partial charge in [-0.25, -0.2) is 4.90 Å². The molecule has 1 saturated carbocycles. The van der Waals surface area contributed by atoms with Crippen LogP contribution in [0.15, 0.2) is 24.3 Å². The van der Waals surface area contributed by atoms with Gasteiger partial charge in [0.2, 0.25) is 11.8 Å². The molecule has 1 aliphatic carbocycles. The van der Waals surface area contributed by atoms with Gasteiger partial charge in [0.15, 0.2) is 0 Å². The number of benzene rings is 1. The highest BCUT2D eigenvalue weighted by Crippen LogP contribution is 2.33. The zero-order chi connectivity index (χ0) is 22.8. The third kappa shape index (κ3) is 5.51. The lowest BCUT2D eigenvalue weighted by Gasteiger charge is -2.38. The van der Waals surface area contributed by atoms with Crippen LogP contribution in [-0.4, -0.2) is 40.7 Å². The number of amides is 3. The molecule has 31 heavy (non-hydrogen) atoms. The summed E-state index contributed by atoms with van der Waals surface area (Å²) >= 11 is 0. The third-order valence-electron chi connectivity index (χ3n) is 5.75. The molecular formula is C24H32N2O5. The van der Waals surface area contributed by atoms with Crippen molar-refractivity contribution in [3.8, 4) is 5.75 Å². The maximum Gasteiger partial charge on any atom is 0.308 e. The van der Waals surface area contributed by atoms with Crippen LogP contribution in [0.3, 0.4) is 0 Å². The number of imide groups is 1. The molecule has 0 radical (unpaired) electrons. The fourth-order valence-electron chi connectivity index (χ4n) is 4.47. The van der Waals surface area contributed by atoms with Crippen LogP contribution in [0.25, 0.3) is 0 Å². The molecule has 7 heteroatoms. The fraction of sp³-hybridized carbons (Fsp3) is 0.583. The van der Waals surface area contributed by atoms with E-state index in [2.05, 4.69) is 0 Å². The Morgan fingerprint density at radius 3 is 2.23 bits per heavy atom. The predicted molar refractivity (Wildman–Crippen MR) is 116 cm³/mol. The number of hydrogen-bond donors (Lipinski definition) is 0. The van der Waals surface area contributed by atoms with Gasteiger partial charge in [0.1, 0.15) is 11.8 Å². The van der Waals surface area contributed by atoms with Crippen LogP contribution in [-0.2, 0) is 19.2 Å². The third-order valence-corrected chi connectivity index (χ3v) is 5.75. The van der Waals surface area contributed by atoms with Crippen LogP contribution in [0, 0.1) is 5.41 Å². The highest BCUT2D eigenvalue weighted by molar-refractivity contribution is 6.23. The summed E-state index contributed by atoms with van der Waals surface area (Å²) in [5, 5.41) is 0. The summed E-state index contributed by atoms with van der Waals surface area (Å²) in [6, 6.07) is 5.49. The molecule has 3 rings (SSSR count). The Labute approximate surface area is 183 Å². The van der Waals surface area contributed by atoms with Crippen LogP contribution in [0.1, 0.15) is 72.6 Å². The minimum atomic E-state index is -0.765. The monoisotopic (exact) mass is 428 g/mol. The van der Waals surface area contributed by atoms with E-state index < -0.39 is 12.0 Å². The van der Waals surface area contributed by atoms with E-state index in [1.807, 2.05) is 20.8 Å². The lowest BCUT2D eigenvalue weighted by atomic mass is 9.88. The number of ether oxygens (including phenoxy) is 1. The Morgan fingerprint density at radius 1 is 1.06 bits per heavy atom. The number of hydrogen-bond acceptors (Lipinski definition) is 5. The molecule has 7 nitrogen and oxygen atoms in total. The smallest absolute Gasteiger partial charge is 0.308 e. The Hall–Kier alpha value is -2.70. The molecule has 1 aromatic carbocycles. The summed E-state index contributed by atoms with van der Waals surface area (Å²) in [4.78, 5) is 53.5. The van der Waals surface area contributed by atoms with Gasteiger partial charge < -0.3 is 9.64 Å². The second kappa shape index (κ2) is 9.20. The molecular weight excluding hydrogens is 396 g/mol. The fourth-order valence-corrected chi connectivity index (χ4v) is 4.47. The molecule has 1 unspecified atom stereocenters. The topological polar surface area (TPSA) is 84.0 Å². The van der Waals surface area contributed by atoms with Gasteiger partial charge in [-0.15, -0.1) is 0 Å². The molecule has 2 fully saturated rings. The predicted octanol–water partition coefficient (Wildman–Crippen LogP) is 3.84. The van der Waals surface area contributed by atoms with Crippen molar-refractivity contribution in [2.75, 3.05) is 4.90 Å². The summed E-state index contributed by atoms with van der Waals surface area (Å²) in [5.74, 6) is -0.840. The second-order valence-electron chi connectivity index (χ2n) is 9.71. The quantitative estimate of drug-likeness (QED) is 0.404. The maximum atomic E-state index is 13.4. The zero-order valence-corrected chi connectivity index (χ0v) is 18.8. The first-order valence-corrected chi connectivity index (χ1v) is 11.0. The highest BCUT2D eigenvalue weighted by atomic mass is 16.5. The van der Waals surface area contributed by atoms with Crippen molar-refractivity contribution in [3.63, 3.8) is 0 Å². The van der Waals surface area contributed by atoms with E-state index in [9.17, 15) is 19.2 Å². The normalized spacial score (nSPS) is 20.1. The summed E-state index contributed by atoms with van der Waals surface area (Å²) < 4.78 is 5.02. The summed E-state index contributed by atoms with van der Waals surface area (Å²) in [6.45, 7) is 7.31. The Morgan fingerprint density at radius 2 is 1.68 bits per heavy atom. The van der Waals surface area contributed by atoms with E-state index in [1.165, 1.54) is 6.92 Å². The Balaban J connectivity index is 1.85. The SMILES string of the molecule is CC(=O)Oc1ccc(N2C(=O)CC(N(C(=O)CC(C)(C)C)C3CCCCC3)C2=O)cc1.